The maximum atomic E-state index is 9.34. The van der Waals surface area contributed by atoms with E-state index in [-0.39, 0.29) is 0 Å². The van der Waals surface area contributed by atoms with Gasteiger partial charge in [0, 0.05) is 18.1 Å². The lowest BCUT2D eigenvalue weighted by atomic mass is 10.1. The van der Waals surface area contributed by atoms with Crippen molar-refractivity contribution in [2.45, 2.75) is 20.3 Å². The molecule has 0 unspecified atom stereocenters. The van der Waals surface area contributed by atoms with Gasteiger partial charge >= 0.3 is 0 Å². The highest BCUT2D eigenvalue weighted by Gasteiger charge is 2.14. The molecule has 0 atom stereocenters. The lowest BCUT2D eigenvalue weighted by Crippen LogP contribution is -2.23. The lowest BCUT2D eigenvalue weighted by Gasteiger charge is -2.19. The Labute approximate surface area is 133 Å². The van der Waals surface area contributed by atoms with E-state index in [0.717, 1.165) is 28.7 Å². The van der Waals surface area contributed by atoms with Gasteiger partial charge in [0.05, 0.1) is 5.69 Å². The zero-order chi connectivity index (χ0) is 15.4. The van der Waals surface area contributed by atoms with Crippen LogP contribution in [0.1, 0.15) is 22.4 Å². The molecular formula is C16H17BrN4. The van der Waals surface area contributed by atoms with Crippen LogP contribution in [0.2, 0.25) is 0 Å². The maximum Gasteiger partial charge on any atom is 0.169 e. The highest BCUT2D eigenvalue weighted by molar-refractivity contribution is 9.10. The van der Waals surface area contributed by atoms with E-state index in [1.807, 2.05) is 37.9 Å². The molecule has 2 rings (SSSR count). The summed E-state index contributed by atoms with van der Waals surface area (Å²) in [6.07, 6.45) is 0.892. The Balaban J connectivity index is 2.14. The van der Waals surface area contributed by atoms with Gasteiger partial charge in [-0.25, -0.2) is 0 Å². The zero-order valence-corrected chi connectivity index (χ0v) is 14.0. The van der Waals surface area contributed by atoms with Crippen molar-refractivity contribution in [3.63, 3.8) is 0 Å². The number of hydrogen-bond donors (Lipinski definition) is 0. The van der Waals surface area contributed by atoms with Crippen LogP contribution in [0.5, 0.6) is 0 Å². The Hall–Kier alpha value is -1.93. The van der Waals surface area contributed by atoms with E-state index in [4.69, 9.17) is 0 Å². The number of aromatic nitrogens is 2. The van der Waals surface area contributed by atoms with E-state index in [2.05, 4.69) is 44.3 Å². The third-order valence-electron chi connectivity index (χ3n) is 3.56. The molecule has 0 bridgehead atoms. The van der Waals surface area contributed by atoms with E-state index in [1.165, 1.54) is 5.56 Å². The fourth-order valence-electron chi connectivity index (χ4n) is 2.05. The smallest absolute Gasteiger partial charge is 0.169 e. The van der Waals surface area contributed by atoms with Crippen molar-refractivity contribution in [2.75, 3.05) is 18.5 Å². The van der Waals surface area contributed by atoms with Crippen LogP contribution in [0.25, 0.3) is 0 Å². The summed E-state index contributed by atoms with van der Waals surface area (Å²) in [7, 11) is 1.94. The molecule has 1 aromatic carbocycles. The van der Waals surface area contributed by atoms with Crippen LogP contribution < -0.4 is 4.90 Å². The van der Waals surface area contributed by atoms with Gasteiger partial charge in [0.25, 0.3) is 0 Å². The quantitative estimate of drug-likeness (QED) is 0.852. The molecule has 0 radical (unpaired) electrons. The molecule has 0 spiro atoms. The van der Waals surface area contributed by atoms with E-state index in [1.54, 1.807) is 0 Å². The molecule has 2 aromatic rings. The fraction of sp³-hybridized carbons (Fsp3) is 0.312. The minimum Gasteiger partial charge on any atom is -0.357 e. The second-order valence-corrected chi connectivity index (χ2v) is 5.93. The summed E-state index contributed by atoms with van der Waals surface area (Å²) in [4.78, 5) is 1.99. The number of nitrogens with zero attached hydrogens (tertiary/aromatic N) is 4. The van der Waals surface area contributed by atoms with E-state index in [0.29, 0.717) is 11.4 Å². The first-order chi connectivity index (χ1) is 10.0. The number of rotatable bonds is 4. The highest BCUT2D eigenvalue weighted by atomic mass is 79.9. The molecule has 0 aliphatic heterocycles. The topological polar surface area (TPSA) is 52.8 Å². The van der Waals surface area contributed by atoms with Gasteiger partial charge < -0.3 is 4.90 Å². The van der Waals surface area contributed by atoms with Crippen molar-refractivity contribution in [3.8, 4) is 6.07 Å². The van der Waals surface area contributed by atoms with Crippen molar-refractivity contribution < 1.29 is 0 Å². The normalized spacial score (nSPS) is 10.2. The summed E-state index contributed by atoms with van der Waals surface area (Å²) in [5.41, 5.74) is 3.57. The number of anilines is 1. The van der Waals surface area contributed by atoms with Crippen LogP contribution in [0.3, 0.4) is 0 Å². The molecule has 0 amide bonds. The predicted molar refractivity (Wildman–Crippen MR) is 87.3 cm³/mol. The lowest BCUT2D eigenvalue weighted by molar-refractivity contribution is 0.826. The van der Waals surface area contributed by atoms with Crippen LogP contribution in [0.15, 0.2) is 28.7 Å². The Kier molecular flexibility index (Phi) is 4.92. The van der Waals surface area contributed by atoms with Crippen molar-refractivity contribution in [1.29, 1.82) is 5.26 Å². The van der Waals surface area contributed by atoms with E-state index in [9.17, 15) is 5.26 Å². The van der Waals surface area contributed by atoms with E-state index < -0.39 is 0 Å². The van der Waals surface area contributed by atoms with Crippen molar-refractivity contribution >= 4 is 21.7 Å². The second kappa shape index (κ2) is 6.68. The molecule has 1 heterocycles. The number of nitriles is 1. The molecule has 4 nitrogen and oxygen atoms in total. The van der Waals surface area contributed by atoms with Crippen LogP contribution in [0, 0.1) is 25.2 Å². The third kappa shape index (κ3) is 3.59. The van der Waals surface area contributed by atoms with Gasteiger partial charge in [-0.2, -0.15) is 10.4 Å². The Morgan fingerprint density at radius 1 is 1.19 bits per heavy atom. The van der Waals surface area contributed by atoms with Crippen LogP contribution in [-0.4, -0.2) is 23.8 Å². The first-order valence-corrected chi connectivity index (χ1v) is 7.51. The summed E-state index contributed by atoms with van der Waals surface area (Å²) in [6, 6.07) is 10.5. The average Bonchev–Trinajstić information content (AvgIpc) is 2.49. The van der Waals surface area contributed by atoms with Gasteiger partial charge in [-0.05, 0) is 43.5 Å². The van der Waals surface area contributed by atoms with Gasteiger partial charge in [0.1, 0.15) is 11.6 Å². The molecule has 0 aliphatic carbocycles. The van der Waals surface area contributed by atoms with Gasteiger partial charge in [-0.1, -0.05) is 28.1 Å². The van der Waals surface area contributed by atoms with Gasteiger partial charge in [0.15, 0.2) is 5.82 Å². The molecule has 0 N–H and O–H groups in total. The summed E-state index contributed by atoms with van der Waals surface area (Å²) in [5.74, 6) is 0.651. The fourth-order valence-corrected chi connectivity index (χ4v) is 2.32. The first kappa shape index (κ1) is 15.5. The molecule has 0 fully saturated rings. The Morgan fingerprint density at radius 3 is 2.48 bits per heavy atom. The standard InChI is InChI=1S/C16H17BrN4/c1-11-12(2)19-20-16(15(11)10-18)21(3)9-8-13-4-6-14(17)7-5-13/h4-7H,8-9H2,1-3H3. The first-order valence-electron chi connectivity index (χ1n) is 6.72. The van der Waals surface area contributed by atoms with Crippen molar-refractivity contribution in [2.24, 2.45) is 0 Å². The van der Waals surface area contributed by atoms with Crippen LogP contribution in [-0.2, 0) is 6.42 Å². The molecule has 0 saturated heterocycles. The zero-order valence-electron chi connectivity index (χ0n) is 12.4. The van der Waals surface area contributed by atoms with Crippen LogP contribution >= 0.6 is 15.9 Å². The number of benzene rings is 1. The van der Waals surface area contributed by atoms with E-state index >= 15 is 0 Å². The molecule has 108 valence electrons. The summed E-state index contributed by atoms with van der Waals surface area (Å²) in [5, 5.41) is 17.6. The minimum absolute atomic E-state index is 0.612. The number of halogens is 1. The van der Waals surface area contributed by atoms with Gasteiger partial charge in [0.2, 0.25) is 0 Å². The number of hydrogen-bond acceptors (Lipinski definition) is 4. The molecule has 0 aliphatic rings. The second-order valence-electron chi connectivity index (χ2n) is 5.02. The third-order valence-corrected chi connectivity index (χ3v) is 4.09. The van der Waals surface area contributed by atoms with Gasteiger partial charge in [-0.15, -0.1) is 5.10 Å². The number of aryl methyl sites for hydroxylation is 1. The van der Waals surface area contributed by atoms with Crippen molar-refractivity contribution in [3.05, 3.63) is 51.1 Å². The molecule has 1 aromatic heterocycles. The minimum atomic E-state index is 0.612. The van der Waals surface area contributed by atoms with Crippen LogP contribution in [0.4, 0.5) is 5.82 Å². The highest BCUT2D eigenvalue weighted by Crippen LogP contribution is 2.20. The molecular weight excluding hydrogens is 328 g/mol. The predicted octanol–water partition coefficient (Wildman–Crippen LogP) is 3.41. The monoisotopic (exact) mass is 344 g/mol. The number of likely N-dealkylation sites (N-methyl/N-ethyl adjacent to an activating group) is 1. The maximum absolute atomic E-state index is 9.34. The molecule has 0 saturated carbocycles. The SMILES string of the molecule is Cc1nnc(N(C)CCc2ccc(Br)cc2)c(C#N)c1C. The summed E-state index contributed by atoms with van der Waals surface area (Å²) >= 11 is 3.43. The Bertz CT molecular complexity index is 674. The molecule has 5 heteroatoms. The van der Waals surface area contributed by atoms with Crippen molar-refractivity contribution in [1.82, 2.24) is 10.2 Å². The summed E-state index contributed by atoms with van der Waals surface area (Å²) < 4.78 is 1.08. The largest absolute Gasteiger partial charge is 0.357 e. The summed E-state index contributed by atoms with van der Waals surface area (Å²) in [6.45, 7) is 4.57. The Morgan fingerprint density at radius 2 is 1.86 bits per heavy atom. The molecule has 21 heavy (non-hydrogen) atoms. The van der Waals surface area contributed by atoms with Gasteiger partial charge in [-0.3, -0.25) is 0 Å². The average molecular weight is 345 g/mol.